The van der Waals surface area contributed by atoms with Gasteiger partial charge in [0.1, 0.15) is 35.0 Å². The molecule has 1 N–H and O–H groups in total. The average Bonchev–Trinajstić information content (AvgIpc) is 3.28. The zero-order valence-electron chi connectivity index (χ0n) is 22.0. The van der Waals surface area contributed by atoms with E-state index in [0.717, 1.165) is 79.5 Å². The van der Waals surface area contributed by atoms with Crippen LogP contribution >= 0.6 is 11.6 Å². The number of piperazine rings is 1. The summed E-state index contributed by atoms with van der Waals surface area (Å²) < 4.78 is 14.8. The number of hydrogen-bond donors (Lipinski definition) is 1. The van der Waals surface area contributed by atoms with Crippen molar-refractivity contribution in [2.75, 3.05) is 39.3 Å². The van der Waals surface area contributed by atoms with Gasteiger partial charge in [-0.05, 0) is 62.1 Å². The lowest BCUT2D eigenvalue weighted by Crippen LogP contribution is -2.44. The summed E-state index contributed by atoms with van der Waals surface area (Å²) in [6.45, 7) is 8.63. The molecule has 1 saturated heterocycles. The highest BCUT2D eigenvalue weighted by Gasteiger charge is 2.35. The summed E-state index contributed by atoms with van der Waals surface area (Å²) >= 11 is 6.89. The van der Waals surface area contributed by atoms with E-state index in [1.54, 1.807) is 0 Å². The van der Waals surface area contributed by atoms with E-state index >= 15 is 0 Å². The molecule has 0 atom stereocenters. The van der Waals surface area contributed by atoms with Gasteiger partial charge in [0.2, 0.25) is 0 Å². The van der Waals surface area contributed by atoms with Crippen LogP contribution in [0.3, 0.4) is 0 Å². The lowest BCUT2D eigenvalue weighted by Gasteiger charge is -2.38. The molecule has 7 heteroatoms. The van der Waals surface area contributed by atoms with Crippen molar-refractivity contribution in [3.05, 3.63) is 77.3 Å². The van der Waals surface area contributed by atoms with Crippen LogP contribution in [0.25, 0.3) is 22.4 Å². The molecule has 1 saturated carbocycles. The lowest BCUT2D eigenvalue weighted by atomic mass is 9.82. The highest BCUT2D eigenvalue weighted by molar-refractivity contribution is 6.33. The van der Waals surface area contributed by atoms with E-state index in [-0.39, 0.29) is 5.60 Å². The van der Waals surface area contributed by atoms with Crippen molar-refractivity contribution in [3.8, 4) is 22.9 Å². The Labute approximate surface area is 229 Å². The third-order valence-corrected chi connectivity index (χ3v) is 8.07. The normalized spacial score (nSPS) is 17.3. The van der Waals surface area contributed by atoms with Gasteiger partial charge in [-0.3, -0.25) is 4.90 Å². The zero-order valence-corrected chi connectivity index (χ0v) is 22.7. The van der Waals surface area contributed by atoms with Crippen LogP contribution in [0.5, 0.6) is 11.5 Å². The molecular formula is C31H35ClN4O2. The van der Waals surface area contributed by atoms with Gasteiger partial charge in [0.05, 0.1) is 10.5 Å². The Balaban J connectivity index is 1.31. The second kappa shape index (κ2) is 11.0. The smallest absolute Gasteiger partial charge is 0.147 e. The predicted molar refractivity (Wildman–Crippen MR) is 153 cm³/mol. The van der Waals surface area contributed by atoms with Gasteiger partial charge in [0, 0.05) is 44.8 Å². The van der Waals surface area contributed by atoms with E-state index in [1.165, 1.54) is 12.0 Å². The molecule has 38 heavy (non-hydrogen) atoms. The van der Waals surface area contributed by atoms with Crippen LogP contribution in [0.2, 0.25) is 5.02 Å². The number of ether oxygens (including phenoxy) is 2. The molecule has 2 aliphatic rings. The molecule has 6 rings (SSSR count). The second-order valence-corrected chi connectivity index (χ2v) is 11.0. The highest BCUT2D eigenvalue weighted by Crippen LogP contribution is 2.40. The van der Waals surface area contributed by atoms with Crippen molar-refractivity contribution < 1.29 is 9.47 Å². The lowest BCUT2D eigenvalue weighted by molar-refractivity contribution is 0.0125. The van der Waals surface area contributed by atoms with Crippen molar-refractivity contribution >= 4 is 22.6 Å². The van der Waals surface area contributed by atoms with Gasteiger partial charge in [-0.15, -0.1) is 0 Å². The predicted octanol–water partition coefficient (Wildman–Crippen LogP) is 6.01. The number of aromatic nitrogens is 2. The summed E-state index contributed by atoms with van der Waals surface area (Å²) in [5.41, 5.74) is 3.89. The third kappa shape index (κ3) is 5.39. The Morgan fingerprint density at radius 1 is 1.00 bits per heavy atom. The number of nitrogens with zero attached hydrogens (tertiary/aromatic N) is 3. The van der Waals surface area contributed by atoms with Crippen LogP contribution < -0.4 is 14.8 Å². The molecule has 1 aliphatic carbocycles. The van der Waals surface area contributed by atoms with Crippen LogP contribution in [0, 0.1) is 0 Å². The first-order valence-corrected chi connectivity index (χ1v) is 14.0. The molecule has 0 spiro atoms. The number of rotatable bonds is 9. The number of imidazole rings is 1. The summed E-state index contributed by atoms with van der Waals surface area (Å²) in [5, 5.41) is 4.01. The Hall–Kier alpha value is -3.06. The molecule has 1 aromatic heterocycles. The average molecular weight is 531 g/mol. The molecule has 3 aromatic carbocycles. The van der Waals surface area contributed by atoms with Crippen molar-refractivity contribution in [2.45, 2.75) is 38.3 Å². The van der Waals surface area contributed by atoms with Crippen molar-refractivity contribution in [1.29, 1.82) is 0 Å². The molecule has 198 valence electrons. The maximum absolute atomic E-state index is 6.89. The molecule has 0 amide bonds. The summed E-state index contributed by atoms with van der Waals surface area (Å²) in [6.07, 6.45) is 3.35. The minimum atomic E-state index is -0.112. The Morgan fingerprint density at radius 3 is 2.55 bits per heavy atom. The number of fused-ring (bicyclic) bond motifs is 1. The van der Waals surface area contributed by atoms with E-state index in [4.69, 9.17) is 26.1 Å². The molecule has 6 nitrogen and oxygen atoms in total. The Morgan fingerprint density at radius 2 is 1.82 bits per heavy atom. The van der Waals surface area contributed by atoms with Crippen LogP contribution in [-0.4, -0.2) is 59.4 Å². The maximum Gasteiger partial charge on any atom is 0.147 e. The first-order valence-electron chi connectivity index (χ1n) is 13.7. The SMILES string of the molecule is CC1(Oc2cccc3c2nc(-c2ccc(OCCN4CCNCC4)cc2Cl)n3Cc2ccccc2)CCC1. The molecule has 0 unspecified atom stereocenters. The fourth-order valence-corrected chi connectivity index (χ4v) is 5.63. The van der Waals surface area contributed by atoms with Gasteiger partial charge < -0.3 is 19.4 Å². The molecule has 1 aliphatic heterocycles. The van der Waals surface area contributed by atoms with Gasteiger partial charge in [-0.2, -0.15) is 0 Å². The van der Waals surface area contributed by atoms with Crippen LogP contribution in [0.1, 0.15) is 31.7 Å². The largest absolute Gasteiger partial charge is 0.492 e. The fourth-order valence-electron chi connectivity index (χ4n) is 5.37. The monoisotopic (exact) mass is 530 g/mol. The zero-order chi connectivity index (χ0) is 26.0. The van der Waals surface area contributed by atoms with Crippen LogP contribution in [-0.2, 0) is 6.54 Å². The number of para-hydroxylation sites is 1. The summed E-state index contributed by atoms with van der Waals surface area (Å²) in [7, 11) is 0. The molecule has 0 radical (unpaired) electrons. The Bertz CT molecular complexity index is 1390. The number of hydrogen-bond acceptors (Lipinski definition) is 5. The quantitative estimate of drug-likeness (QED) is 0.287. The molecular weight excluding hydrogens is 496 g/mol. The van der Waals surface area contributed by atoms with Crippen molar-refractivity contribution in [3.63, 3.8) is 0 Å². The van der Waals surface area contributed by atoms with E-state index < -0.39 is 0 Å². The van der Waals surface area contributed by atoms with Gasteiger partial charge in [-0.1, -0.05) is 48.0 Å². The van der Waals surface area contributed by atoms with Crippen LogP contribution in [0.4, 0.5) is 0 Å². The maximum atomic E-state index is 6.89. The van der Waals surface area contributed by atoms with E-state index in [2.05, 4.69) is 58.1 Å². The topological polar surface area (TPSA) is 51.6 Å². The second-order valence-electron chi connectivity index (χ2n) is 10.6. The van der Waals surface area contributed by atoms with E-state index in [1.807, 2.05) is 30.3 Å². The molecule has 0 bridgehead atoms. The standard InChI is InChI=1S/C31H35ClN4O2/c1-31(13-6-14-31)38-28-10-5-9-27-29(28)34-30(36(27)22-23-7-3-2-4-8-23)25-12-11-24(21-26(25)32)37-20-19-35-17-15-33-16-18-35/h2-5,7-12,21,33H,6,13-20,22H2,1H3. The van der Waals surface area contributed by atoms with Crippen molar-refractivity contribution in [1.82, 2.24) is 19.8 Å². The van der Waals surface area contributed by atoms with Gasteiger partial charge in [0.25, 0.3) is 0 Å². The minimum Gasteiger partial charge on any atom is -0.492 e. The fraction of sp³-hybridized carbons (Fsp3) is 0.387. The first-order chi connectivity index (χ1) is 18.6. The summed E-state index contributed by atoms with van der Waals surface area (Å²) in [5.74, 6) is 2.44. The summed E-state index contributed by atoms with van der Waals surface area (Å²) in [4.78, 5) is 7.55. The molecule has 4 aromatic rings. The molecule has 2 fully saturated rings. The number of nitrogens with one attached hydrogen (secondary N) is 1. The first kappa shape index (κ1) is 25.2. The van der Waals surface area contributed by atoms with Crippen LogP contribution in [0.15, 0.2) is 66.7 Å². The van der Waals surface area contributed by atoms with Gasteiger partial charge >= 0.3 is 0 Å². The van der Waals surface area contributed by atoms with Crippen molar-refractivity contribution in [2.24, 2.45) is 0 Å². The Kier molecular flexibility index (Phi) is 7.28. The molecule has 2 heterocycles. The number of benzene rings is 3. The minimum absolute atomic E-state index is 0.112. The highest BCUT2D eigenvalue weighted by atomic mass is 35.5. The van der Waals surface area contributed by atoms with Gasteiger partial charge in [0.15, 0.2) is 0 Å². The third-order valence-electron chi connectivity index (χ3n) is 7.76. The number of halogens is 1. The van der Waals surface area contributed by atoms with E-state index in [9.17, 15) is 0 Å². The van der Waals surface area contributed by atoms with Gasteiger partial charge in [-0.25, -0.2) is 4.98 Å². The van der Waals surface area contributed by atoms with E-state index in [0.29, 0.717) is 18.2 Å². The summed E-state index contributed by atoms with van der Waals surface area (Å²) in [6, 6.07) is 22.6.